The van der Waals surface area contributed by atoms with Gasteiger partial charge in [-0.25, -0.2) is 0 Å². The molecular formula is C36H52O10. The lowest BCUT2D eigenvalue weighted by Crippen LogP contribution is -2.67. The number of hydrogen-bond acceptors (Lipinski definition) is 10. The van der Waals surface area contributed by atoms with Crippen LogP contribution in [0.3, 0.4) is 0 Å². The molecular weight excluding hydrogens is 592 g/mol. The number of hydrogen-bond donors (Lipinski definition) is 0. The molecule has 6 aliphatic rings. The van der Waals surface area contributed by atoms with E-state index in [0.717, 1.165) is 25.7 Å². The molecule has 3 saturated heterocycles. The van der Waals surface area contributed by atoms with Gasteiger partial charge in [-0.3, -0.25) is 19.2 Å². The Bertz CT molecular complexity index is 1350. The molecule has 0 N–H and O–H groups in total. The number of fused-ring (bicyclic) bond motifs is 5. The summed E-state index contributed by atoms with van der Waals surface area (Å²) in [5, 5.41) is 0. The van der Waals surface area contributed by atoms with Crippen molar-refractivity contribution in [1.29, 1.82) is 0 Å². The van der Waals surface area contributed by atoms with E-state index >= 15 is 0 Å². The molecule has 5 fully saturated rings. The van der Waals surface area contributed by atoms with Crippen LogP contribution in [-0.4, -0.2) is 65.8 Å². The maximum absolute atomic E-state index is 13.2. The smallest absolute Gasteiger partial charge is 0.310 e. The van der Waals surface area contributed by atoms with Gasteiger partial charge >= 0.3 is 23.9 Å². The molecule has 0 aromatic rings. The molecule has 0 spiro atoms. The minimum Gasteiger partial charge on any atom is -0.462 e. The molecule has 0 aromatic heterocycles. The lowest BCUT2D eigenvalue weighted by Gasteiger charge is -2.66. The van der Waals surface area contributed by atoms with Crippen LogP contribution in [0.15, 0.2) is 11.6 Å². The zero-order valence-corrected chi connectivity index (χ0v) is 29.1. The summed E-state index contributed by atoms with van der Waals surface area (Å²) in [6, 6.07) is 0. The van der Waals surface area contributed by atoms with Gasteiger partial charge in [-0.15, -0.1) is 0 Å². The highest BCUT2D eigenvalue weighted by Crippen LogP contribution is 2.73. The van der Waals surface area contributed by atoms with Gasteiger partial charge in [0.1, 0.15) is 23.9 Å². The predicted molar refractivity (Wildman–Crippen MR) is 165 cm³/mol. The molecule has 46 heavy (non-hydrogen) atoms. The van der Waals surface area contributed by atoms with Crippen LogP contribution in [0.5, 0.6) is 0 Å². The van der Waals surface area contributed by atoms with Gasteiger partial charge in [0.05, 0.1) is 18.1 Å². The van der Waals surface area contributed by atoms with Crippen molar-refractivity contribution in [1.82, 2.24) is 0 Å². The third-order valence-corrected chi connectivity index (χ3v) is 13.1. The molecule has 10 nitrogen and oxygen atoms in total. The van der Waals surface area contributed by atoms with Gasteiger partial charge in [0.2, 0.25) is 6.29 Å². The van der Waals surface area contributed by atoms with E-state index in [0.29, 0.717) is 6.42 Å². The van der Waals surface area contributed by atoms with Crippen molar-refractivity contribution in [2.45, 2.75) is 150 Å². The molecule has 6 rings (SSSR count). The Hall–Kier alpha value is -2.46. The summed E-state index contributed by atoms with van der Waals surface area (Å²) in [5.41, 5.74) is -1.47. The molecule has 0 amide bonds. The quantitative estimate of drug-likeness (QED) is 0.165. The van der Waals surface area contributed by atoms with Gasteiger partial charge in [0.25, 0.3) is 0 Å². The number of epoxide rings is 1. The molecule has 3 aliphatic carbocycles. The van der Waals surface area contributed by atoms with Gasteiger partial charge in [-0.2, -0.15) is 0 Å². The monoisotopic (exact) mass is 644 g/mol. The van der Waals surface area contributed by atoms with E-state index < -0.39 is 46.9 Å². The second-order valence-corrected chi connectivity index (χ2v) is 16.6. The number of ether oxygens (including phenoxy) is 6. The molecule has 12 atom stereocenters. The highest BCUT2D eigenvalue weighted by atomic mass is 16.7. The summed E-state index contributed by atoms with van der Waals surface area (Å²) in [7, 11) is 0. The first-order valence-electron chi connectivity index (χ1n) is 17.0. The van der Waals surface area contributed by atoms with E-state index in [1.165, 1.54) is 26.3 Å². The fraction of sp³-hybridized carbons (Fsp3) is 0.833. The zero-order valence-electron chi connectivity index (χ0n) is 29.1. The largest absolute Gasteiger partial charge is 0.462 e. The Labute approximate surface area is 272 Å². The van der Waals surface area contributed by atoms with Crippen LogP contribution < -0.4 is 0 Å². The maximum Gasteiger partial charge on any atom is 0.310 e. The van der Waals surface area contributed by atoms with E-state index in [2.05, 4.69) is 40.7 Å². The maximum atomic E-state index is 13.2. The Balaban J connectivity index is 1.41. The summed E-state index contributed by atoms with van der Waals surface area (Å²) in [6.45, 7) is 18.9. The van der Waals surface area contributed by atoms with Crippen molar-refractivity contribution in [2.75, 3.05) is 0 Å². The molecule has 0 radical (unpaired) electrons. The highest BCUT2D eigenvalue weighted by Gasteiger charge is 2.72. The van der Waals surface area contributed by atoms with Gasteiger partial charge in [0, 0.05) is 43.4 Å². The normalized spacial score (nSPS) is 46.8. The lowest BCUT2D eigenvalue weighted by atomic mass is 9.39. The number of carbonyl (C=O) groups is 4. The van der Waals surface area contributed by atoms with Crippen LogP contribution in [-0.2, 0) is 47.6 Å². The SMILES string of the molecule is CC(=O)OC1OC(C2OC2(C)C)CC1C1CC=C2C1(C)CCC1C2(C)C(OC(C)=O)CC2C(C)(C)OC(=O)CC(OC(C)=O)C21C. The van der Waals surface area contributed by atoms with E-state index in [1.807, 2.05) is 13.8 Å². The topological polar surface area (TPSA) is 127 Å². The number of carbonyl (C=O) groups excluding carboxylic acids is 4. The third kappa shape index (κ3) is 5.03. The standard InChI is InChI=1S/C36H52O10/c1-18(37)41-27-16-26-32(4,5)45-29(40)17-28(42-19(2)38)36(26,10)25-13-14-34(8)22(11-12-24(34)35(25,27)9)21-15-23(30-33(6,7)46-30)44-31(21)43-20(3)39/h12,21-23,25-28,30-31H,11,13-17H2,1-10H3. The molecule has 10 heteroatoms. The molecule has 0 aromatic carbocycles. The van der Waals surface area contributed by atoms with Gasteiger partial charge in [-0.1, -0.05) is 32.4 Å². The van der Waals surface area contributed by atoms with Gasteiger partial charge < -0.3 is 28.4 Å². The zero-order chi connectivity index (χ0) is 33.8. The Morgan fingerprint density at radius 2 is 1.43 bits per heavy atom. The van der Waals surface area contributed by atoms with Crippen LogP contribution in [0.1, 0.15) is 108 Å². The Morgan fingerprint density at radius 1 is 0.826 bits per heavy atom. The van der Waals surface area contributed by atoms with E-state index in [4.69, 9.17) is 28.4 Å². The van der Waals surface area contributed by atoms with Crippen LogP contribution >= 0.6 is 0 Å². The van der Waals surface area contributed by atoms with Crippen molar-refractivity contribution in [3.8, 4) is 0 Å². The minimum absolute atomic E-state index is 0.0236. The molecule has 3 heterocycles. The summed E-state index contributed by atoms with van der Waals surface area (Å²) < 4.78 is 36.5. The van der Waals surface area contributed by atoms with E-state index in [-0.39, 0.29) is 65.3 Å². The molecule has 2 saturated carbocycles. The number of esters is 4. The van der Waals surface area contributed by atoms with Crippen molar-refractivity contribution in [2.24, 2.45) is 39.9 Å². The first-order valence-corrected chi connectivity index (χ1v) is 17.0. The summed E-state index contributed by atoms with van der Waals surface area (Å²) in [4.78, 5) is 50.6. The lowest BCUT2D eigenvalue weighted by molar-refractivity contribution is -0.228. The first kappa shape index (κ1) is 33.4. The van der Waals surface area contributed by atoms with Crippen LogP contribution in [0, 0.1) is 39.9 Å². The Morgan fingerprint density at radius 3 is 2.02 bits per heavy atom. The molecule has 12 unspecified atom stereocenters. The second-order valence-electron chi connectivity index (χ2n) is 16.6. The van der Waals surface area contributed by atoms with E-state index in [1.54, 1.807) is 0 Å². The average Bonchev–Trinajstić information content (AvgIpc) is 3.20. The van der Waals surface area contributed by atoms with Crippen LogP contribution in [0.2, 0.25) is 0 Å². The average molecular weight is 645 g/mol. The summed E-state index contributed by atoms with van der Waals surface area (Å²) in [5.74, 6) is -1.79. The van der Waals surface area contributed by atoms with E-state index in [9.17, 15) is 19.2 Å². The predicted octanol–water partition coefficient (Wildman–Crippen LogP) is 5.44. The van der Waals surface area contributed by atoms with Crippen LogP contribution in [0.25, 0.3) is 0 Å². The molecule has 3 aliphatic heterocycles. The van der Waals surface area contributed by atoms with Crippen molar-refractivity contribution in [3.63, 3.8) is 0 Å². The first-order chi connectivity index (χ1) is 21.2. The van der Waals surface area contributed by atoms with Gasteiger partial charge in [0.15, 0.2) is 0 Å². The third-order valence-electron chi connectivity index (χ3n) is 13.1. The fourth-order valence-electron chi connectivity index (χ4n) is 11.3. The minimum atomic E-state index is -0.875. The number of rotatable bonds is 5. The van der Waals surface area contributed by atoms with Crippen LogP contribution in [0.4, 0.5) is 0 Å². The van der Waals surface area contributed by atoms with Crippen molar-refractivity contribution >= 4 is 23.9 Å². The van der Waals surface area contributed by atoms with Crippen molar-refractivity contribution in [3.05, 3.63) is 11.6 Å². The Kier molecular flexibility index (Phi) is 7.83. The number of allylic oxidation sites excluding steroid dienone is 1. The number of cyclic esters (lactones) is 1. The second kappa shape index (κ2) is 10.8. The van der Waals surface area contributed by atoms with Crippen molar-refractivity contribution < 1.29 is 47.6 Å². The van der Waals surface area contributed by atoms with Gasteiger partial charge in [-0.05, 0) is 77.0 Å². The summed E-state index contributed by atoms with van der Waals surface area (Å²) in [6.07, 6.45) is 3.81. The highest BCUT2D eigenvalue weighted by molar-refractivity contribution is 5.73. The molecule has 0 bridgehead atoms. The fourth-order valence-corrected chi connectivity index (χ4v) is 11.3. The molecule has 256 valence electrons. The summed E-state index contributed by atoms with van der Waals surface area (Å²) >= 11 is 0.